The molecule has 1 aliphatic heterocycles. The van der Waals surface area contributed by atoms with Gasteiger partial charge in [0, 0.05) is 0 Å². The van der Waals surface area contributed by atoms with E-state index < -0.39 is 5.97 Å². The Morgan fingerprint density at radius 3 is 2.95 bits per heavy atom. The van der Waals surface area contributed by atoms with Crippen LogP contribution in [0.15, 0.2) is 18.2 Å². The smallest absolute Gasteiger partial charge is 0.335 e. The molecule has 7 heteroatoms. The van der Waals surface area contributed by atoms with Crippen LogP contribution in [-0.2, 0) is 9.53 Å². The fraction of sp³-hybridized carbons (Fsp3) is 0.357. The number of ether oxygens (including phenoxy) is 1. The Kier molecular flexibility index (Phi) is 3.60. The maximum absolute atomic E-state index is 12.1. The molecule has 0 bridgehead atoms. The van der Waals surface area contributed by atoms with E-state index in [1.165, 1.54) is 17.4 Å². The highest BCUT2D eigenvalue weighted by molar-refractivity contribution is 7.22. The molecule has 0 radical (unpaired) electrons. The summed E-state index contributed by atoms with van der Waals surface area (Å²) >= 11 is 1.27. The molecular formula is C14H14N2O4S. The molecule has 0 aliphatic carbocycles. The molecule has 6 nitrogen and oxygen atoms in total. The molecule has 0 spiro atoms. The van der Waals surface area contributed by atoms with Gasteiger partial charge in [-0.05, 0) is 31.5 Å². The summed E-state index contributed by atoms with van der Waals surface area (Å²) in [5.41, 5.74) is 0.887. The SMILES string of the molecule is CC1CC(C(=O)Nc2nc3ccc(C(=O)O)cc3s2)CO1. The Labute approximate surface area is 124 Å². The third-order valence-corrected chi connectivity index (χ3v) is 4.37. The van der Waals surface area contributed by atoms with Crippen molar-refractivity contribution in [3.63, 3.8) is 0 Å². The number of nitrogens with zero attached hydrogens (tertiary/aromatic N) is 1. The number of anilines is 1. The van der Waals surface area contributed by atoms with E-state index in [0.717, 1.165) is 4.70 Å². The van der Waals surface area contributed by atoms with Crippen LogP contribution < -0.4 is 5.32 Å². The Morgan fingerprint density at radius 2 is 2.29 bits per heavy atom. The van der Waals surface area contributed by atoms with Crippen molar-refractivity contribution in [1.29, 1.82) is 0 Å². The first-order valence-corrected chi connectivity index (χ1v) is 7.41. The highest BCUT2D eigenvalue weighted by Crippen LogP contribution is 2.28. The molecule has 1 aromatic carbocycles. The summed E-state index contributed by atoms with van der Waals surface area (Å²) in [5, 5.41) is 12.2. The van der Waals surface area contributed by atoms with Crippen molar-refractivity contribution < 1.29 is 19.4 Å². The van der Waals surface area contributed by atoms with Crippen molar-refractivity contribution >= 4 is 38.6 Å². The van der Waals surface area contributed by atoms with E-state index >= 15 is 0 Å². The zero-order valence-electron chi connectivity index (χ0n) is 11.3. The van der Waals surface area contributed by atoms with Gasteiger partial charge in [0.1, 0.15) is 0 Å². The Morgan fingerprint density at radius 1 is 1.48 bits per heavy atom. The maximum atomic E-state index is 12.1. The minimum absolute atomic E-state index is 0.100. The van der Waals surface area contributed by atoms with Gasteiger partial charge in [-0.25, -0.2) is 9.78 Å². The van der Waals surface area contributed by atoms with Crippen molar-refractivity contribution in [2.75, 3.05) is 11.9 Å². The Bertz CT molecular complexity index is 712. The van der Waals surface area contributed by atoms with Crippen molar-refractivity contribution in [1.82, 2.24) is 4.98 Å². The lowest BCUT2D eigenvalue weighted by Crippen LogP contribution is -2.22. The number of thiazole rings is 1. The van der Waals surface area contributed by atoms with E-state index in [4.69, 9.17) is 9.84 Å². The minimum atomic E-state index is -0.979. The first-order chi connectivity index (χ1) is 10.0. The van der Waals surface area contributed by atoms with Crippen LogP contribution in [0, 0.1) is 5.92 Å². The van der Waals surface area contributed by atoms with Crippen LogP contribution >= 0.6 is 11.3 Å². The summed E-state index contributed by atoms with van der Waals surface area (Å²) in [4.78, 5) is 27.3. The molecule has 1 fully saturated rings. The third kappa shape index (κ3) is 2.88. The summed E-state index contributed by atoms with van der Waals surface area (Å²) in [6, 6.07) is 4.71. The van der Waals surface area contributed by atoms with Crippen LogP contribution in [0.5, 0.6) is 0 Å². The average Bonchev–Trinajstić information content (AvgIpc) is 3.03. The van der Waals surface area contributed by atoms with E-state index in [-0.39, 0.29) is 23.5 Å². The fourth-order valence-corrected chi connectivity index (χ4v) is 3.23. The van der Waals surface area contributed by atoms with Gasteiger partial charge in [-0.2, -0.15) is 0 Å². The van der Waals surface area contributed by atoms with Gasteiger partial charge in [0.2, 0.25) is 5.91 Å². The molecule has 110 valence electrons. The number of carboxylic acid groups (broad SMARTS) is 1. The number of hydrogen-bond acceptors (Lipinski definition) is 5. The Hall–Kier alpha value is -1.99. The van der Waals surface area contributed by atoms with Crippen LogP contribution in [0.4, 0.5) is 5.13 Å². The average molecular weight is 306 g/mol. The van der Waals surface area contributed by atoms with Gasteiger partial charge >= 0.3 is 5.97 Å². The third-order valence-electron chi connectivity index (χ3n) is 3.43. The van der Waals surface area contributed by atoms with E-state index in [1.54, 1.807) is 12.1 Å². The second-order valence-corrected chi connectivity index (χ2v) is 6.10. The van der Waals surface area contributed by atoms with Crippen LogP contribution in [0.2, 0.25) is 0 Å². The van der Waals surface area contributed by atoms with Crippen molar-refractivity contribution in [3.8, 4) is 0 Å². The predicted octanol–water partition coefficient (Wildman–Crippen LogP) is 2.36. The van der Waals surface area contributed by atoms with Gasteiger partial charge in [-0.1, -0.05) is 11.3 Å². The molecule has 3 rings (SSSR count). The minimum Gasteiger partial charge on any atom is -0.478 e. The molecule has 2 unspecified atom stereocenters. The number of amides is 1. The van der Waals surface area contributed by atoms with Gasteiger partial charge < -0.3 is 15.2 Å². The van der Waals surface area contributed by atoms with E-state index in [1.807, 2.05) is 6.92 Å². The van der Waals surface area contributed by atoms with Gasteiger partial charge in [0.15, 0.2) is 5.13 Å². The molecule has 2 atom stereocenters. The largest absolute Gasteiger partial charge is 0.478 e. The molecule has 1 amide bonds. The quantitative estimate of drug-likeness (QED) is 0.908. The van der Waals surface area contributed by atoms with Crippen molar-refractivity contribution in [3.05, 3.63) is 23.8 Å². The van der Waals surface area contributed by atoms with Gasteiger partial charge in [-0.3, -0.25) is 4.79 Å². The van der Waals surface area contributed by atoms with Crippen LogP contribution in [0.3, 0.4) is 0 Å². The summed E-state index contributed by atoms with van der Waals surface area (Å²) in [6.07, 6.45) is 0.814. The number of fused-ring (bicyclic) bond motifs is 1. The van der Waals surface area contributed by atoms with E-state index in [9.17, 15) is 9.59 Å². The number of carbonyl (C=O) groups is 2. The molecule has 1 saturated heterocycles. The molecule has 1 aromatic heterocycles. The predicted molar refractivity (Wildman–Crippen MR) is 78.7 cm³/mol. The summed E-state index contributed by atoms with van der Waals surface area (Å²) in [5.74, 6) is -1.23. The second kappa shape index (κ2) is 5.42. The monoisotopic (exact) mass is 306 g/mol. The summed E-state index contributed by atoms with van der Waals surface area (Å²) in [6.45, 7) is 2.37. The number of carboxylic acids is 1. The molecule has 2 aromatic rings. The zero-order chi connectivity index (χ0) is 15.0. The second-order valence-electron chi connectivity index (χ2n) is 5.07. The lowest BCUT2D eigenvalue weighted by atomic mass is 10.1. The number of aromatic nitrogens is 1. The number of carbonyl (C=O) groups excluding carboxylic acids is 1. The maximum Gasteiger partial charge on any atom is 0.335 e. The van der Waals surface area contributed by atoms with E-state index in [0.29, 0.717) is 23.7 Å². The fourth-order valence-electron chi connectivity index (χ4n) is 2.32. The molecule has 21 heavy (non-hydrogen) atoms. The number of hydrogen-bond donors (Lipinski definition) is 2. The van der Waals surface area contributed by atoms with E-state index in [2.05, 4.69) is 10.3 Å². The zero-order valence-corrected chi connectivity index (χ0v) is 12.1. The number of benzene rings is 1. The van der Waals surface area contributed by atoms with Gasteiger partial charge in [0.25, 0.3) is 0 Å². The number of rotatable bonds is 3. The topological polar surface area (TPSA) is 88.5 Å². The number of aromatic carboxylic acids is 1. The van der Waals surface area contributed by atoms with Crippen molar-refractivity contribution in [2.45, 2.75) is 19.4 Å². The lowest BCUT2D eigenvalue weighted by Gasteiger charge is -2.06. The summed E-state index contributed by atoms with van der Waals surface area (Å²) in [7, 11) is 0. The normalized spacial score (nSPS) is 21.6. The van der Waals surface area contributed by atoms with Crippen LogP contribution in [0.1, 0.15) is 23.7 Å². The molecular weight excluding hydrogens is 292 g/mol. The van der Waals surface area contributed by atoms with Crippen LogP contribution in [-0.4, -0.2) is 34.7 Å². The molecule has 1 aliphatic rings. The lowest BCUT2D eigenvalue weighted by molar-refractivity contribution is -0.119. The van der Waals surface area contributed by atoms with Crippen LogP contribution in [0.25, 0.3) is 10.2 Å². The Balaban J connectivity index is 1.78. The van der Waals surface area contributed by atoms with Crippen molar-refractivity contribution in [2.24, 2.45) is 5.92 Å². The first kappa shape index (κ1) is 14.0. The van der Waals surface area contributed by atoms with Gasteiger partial charge in [-0.15, -0.1) is 0 Å². The van der Waals surface area contributed by atoms with Gasteiger partial charge in [0.05, 0.1) is 34.4 Å². The highest BCUT2D eigenvalue weighted by Gasteiger charge is 2.28. The molecule has 2 heterocycles. The highest BCUT2D eigenvalue weighted by atomic mass is 32.1. The molecule has 2 N–H and O–H groups in total. The first-order valence-electron chi connectivity index (χ1n) is 6.59. The standard InChI is InChI=1S/C14H14N2O4S/c1-7-4-9(6-20-7)12(17)16-14-15-10-3-2-8(13(18)19)5-11(10)21-14/h2-3,5,7,9H,4,6H2,1H3,(H,18,19)(H,15,16,17). The summed E-state index contributed by atoms with van der Waals surface area (Å²) < 4.78 is 6.12. The number of nitrogens with one attached hydrogen (secondary N) is 1. The molecule has 0 saturated carbocycles.